The van der Waals surface area contributed by atoms with E-state index < -0.39 is 0 Å². The van der Waals surface area contributed by atoms with Gasteiger partial charge in [0.25, 0.3) is 0 Å². The molecule has 0 saturated carbocycles. The van der Waals surface area contributed by atoms with Crippen LogP contribution >= 0.6 is 11.8 Å². The van der Waals surface area contributed by atoms with E-state index >= 15 is 0 Å². The summed E-state index contributed by atoms with van der Waals surface area (Å²) in [5, 5.41) is 9.03. The molecular formula is C9H17NO2S. The van der Waals surface area contributed by atoms with Crippen LogP contribution in [0.25, 0.3) is 0 Å². The summed E-state index contributed by atoms with van der Waals surface area (Å²) >= 11 is 1.73. The molecule has 76 valence electrons. The summed E-state index contributed by atoms with van der Waals surface area (Å²) in [5.41, 5.74) is 0. The number of nitrogens with zero attached hydrogens (tertiary/aromatic N) is 1. The van der Waals surface area contributed by atoms with Crippen LogP contribution in [0, 0.1) is 0 Å². The number of likely N-dealkylation sites (N-methyl/N-ethyl adjacent to an activating group) is 1. The average molecular weight is 203 g/mol. The summed E-state index contributed by atoms with van der Waals surface area (Å²) in [7, 11) is 1.77. The SMILES string of the molecule is CC(CO)N(C)C(=O)C1CCCS1. The Morgan fingerprint density at radius 2 is 2.46 bits per heavy atom. The zero-order chi connectivity index (χ0) is 9.84. The van der Waals surface area contributed by atoms with E-state index in [1.165, 1.54) is 0 Å². The van der Waals surface area contributed by atoms with Gasteiger partial charge in [-0.2, -0.15) is 0 Å². The van der Waals surface area contributed by atoms with Gasteiger partial charge in [-0.25, -0.2) is 0 Å². The van der Waals surface area contributed by atoms with E-state index in [1.807, 2.05) is 6.92 Å². The Hall–Kier alpha value is -0.220. The number of amides is 1. The number of aliphatic hydroxyl groups is 1. The summed E-state index contributed by atoms with van der Waals surface area (Å²) in [6, 6.07) is -0.0614. The van der Waals surface area contributed by atoms with Crippen LogP contribution in [-0.4, -0.2) is 46.6 Å². The molecule has 1 fully saturated rings. The Morgan fingerprint density at radius 3 is 2.92 bits per heavy atom. The van der Waals surface area contributed by atoms with Crippen LogP contribution in [-0.2, 0) is 4.79 Å². The highest BCUT2D eigenvalue weighted by Crippen LogP contribution is 2.27. The molecule has 1 rings (SSSR count). The first-order valence-corrected chi connectivity index (χ1v) is 5.71. The number of aliphatic hydroxyl groups excluding tert-OH is 1. The zero-order valence-electron chi connectivity index (χ0n) is 8.19. The largest absolute Gasteiger partial charge is 0.394 e. The third-order valence-corrected chi connectivity index (χ3v) is 3.84. The first-order chi connectivity index (χ1) is 6.16. The predicted molar refractivity (Wildman–Crippen MR) is 54.8 cm³/mol. The smallest absolute Gasteiger partial charge is 0.235 e. The van der Waals surface area contributed by atoms with E-state index in [2.05, 4.69) is 0 Å². The molecular weight excluding hydrogens is 186 g/mol. The number of carbonyl (C=O) groups excluding carboxylic acids is 1. The number of hydrogen-bond acceptors (Lipinski definition) is 3. The van der Waals surface area contributed by atoms with Crippen molar-refractivity contribution < 1.29 is 9.90 Å². The standard InChI is InChI=1S/C9H17NO2S/c1-7(6-11)10(2)9(12)8-4-3-5-13-8/h7-8,11H,3-6H2,1-2H3. The fourth-order valence-electron chi connectivity index (χ4n) is 1.34. The summed E-state index contributed by atoms with van der Waals surface area (Å²) in [6.07, 6.45) is 2.13. The molecule has 0 aromatic carbocycles. The number of rotatable bonds is 3. The monoisotopic (exact) mass is 203 g/mol. The van der Waals surface area contributed by atoms with Crippen LogP contribution in [0.2, 0.25) is 0 Å². The lowest BCUT2D eigenvalue weighted by atomic mass is 10.2. The molecule has 1 heterocycles. The molecule has 2 unspecified atom stereocenters. The van der Waals surface area contributed by atoms with Gasteiger partial charge in [0.1, 0.15) is 0 Å². The number of carbonyl (C=O) groups is 1. The Bertz CT molecular complexity index is 180. The second kappa shape index (κ2) is 4.86. The van der Waals surface area contributed by atoms with Gasteiger partial charge >= 0.3 is 0 Å². The van der Waals surface area contributed by atoms with Crippen LogP contribution in [0.15, 0.2) is 0 Å². The van der Waals surface area contributed by atoms with E-state index in [-0.39, 0.29) is 23.8 Å². The normalized spacial score (nSPS) is 24.4. The highest BCUT2D eigenvalue weighted by atomic mass is 32.2. The molecule has 1 amide bonds. The molecule has 0 aromatic rings. The molecule has 13 heavy (non-hydrogen) atoms. The van der Waals surface area contributed by atoms with Crippen LogP contribution in [0.1, 0.15) is 19.8 Å². The van der Waals surface area contributed by atoms with Crippen molar-refractivity contribution in [3.05, 3.63) is 0 Å². The first-order valence-electron chi connectivity index (χ1n) is 4.66. The minimum Gasteiger partial charge on any atom is -0.394 e. The van der Waals surface area contributed by atoms with E-state index in [0.29, 0.717) is 0 Å². The van der Waals surface area contributed by atoms with E-state index in [4.69, 9.17) is 5.11 Å². The highest BCUT2D eigenvalue weighted by molar-refractivity contribution is 8.00. The Kier molecular flexibility index (Phi) is 4.06. The van der Waals surface area contributed by atoms with Gasteiger partial charge in [-0.3, -0.25) is 4.79 Å². The average Bonchev–Trinajstić information content (AvgIpc) is 2.67. The van der Waals surface area contributed by atoms with Crippen molar-refractivity contribution in [3.8, 4) is 0 Å². The van der Waals surface area contributed by atoms with Crippen molar-refractivity contribution in [2.24, 2.45) is 0 Å². The summed E-state index contributed by atoms with van der Waals surface area (Å²) in [4.78, 5) is 13.4. The van der Waals surface area contributed by atoms with Crippen LogP contribution in [0.5, 0.6) is 0 Å². The summed E-state index contributed by atoms with van der Waals surface area (Å²) in [5.74, 6) is 1.27. The minimum absolute atomic E-state index is 0.0413. The van der Waals surface area contributed by atoms with Gasteiger partial charge < -0.3 is 10.0 Å². The lowest BCUT2D eigenvalue weighted by Crippen LogP contribution is -2.41. The lowest BCUT2D eigenvalue weighted by Gasteiger charge is -2.25. The maximum atomic E-state index is 11.7. The Labute approximate surface area is 83.5 Å². The minimum atomic E-state index is -0.0614. The summed E-state index contributed by atoms with van der Waals surface area (Å²) < 4.78 is 0. The Balaban J connectivity index is 2.45. The van der Waals surface area contributed by atoms with Crippen LogP contribution in [0.4, 0.5) is 0 Å². The molecule has 0 bridgehead atoms. The van der Waals surface area contributed by atoms with Gasteiger partial charge in [-0.1, -0.05) is 0 Å². The maximum Gasteiger partial charge on any atom is 0.235 e. The molecule has 1 aliphatic rings. The molecule has 0 spiro atoms. The van der Waals surface area contributed by atoms with Gasteiger partial charge in [0.15, 0.2) is 0 Å². The van der Waals surface area contributed by atoms with Gasteiger partial charge in [0.2, 0.25) is 5.91 Å². The molecule has 1 aliphatic heterocycles. The fraction of sp³-hybridized carbons (Fsp3) is 0.889. The second-order valence-electron chi connectivity index (χ2n) is 3.48. The molecule has 0 aromatic heterocycles. The van der Waals surface area contributed by atoms with Crippen molar-refractivity contribution in [3.63, 3.8) is 0 Å². The molecule has 0 radical (unpaired) electrons. The van der Waals surface area contributed by atoms with Crippen molar-refractivity contribution >= 4 is 17.7 Å². The zero-order valence-corrected chi connectivity index (χ0v) is 9.01. The van der Waals surface area contributed by atoms with Crippen molar-refractivity contribution in [1.82, 2.24) is 4.90 Å². The van der Waals surface area contributed by atoms with Crippen LogP contribution < -0.4 is 0 Å². The molecule has 4 heteroatoms. The van der Waals surface area contributed by atoms with E-state index in [1.54, 1.807) is 23.7 Å². The lowest BCUT2D eigenvalue weighted by molar-refractivity contribution is -0.131. The number of hydrogen-bond donors (Lipinski definition) is 1. The van der Waals surface area contributed by atoms with E-state index in [9.17, 15) is 4.79 Å². The molecule has 0 aliphatic carbocycles. The van der Waals surface area contributed by atoms with Gasteiger partial charge in [-0.05, 0) is 25.5 Å². The third-order valence-electron chi connectivity index (χ3n) is 2.48. The molecule has 1 saturated heterocycles. The summed E-state index contributed by atoms with van der Waals surface area (Å²) in [6.45, 7) is 1.90. The van der Waals surface area contributed by atoms with Gasteiger partial charge in [-0.15, -0.1) is 11.8 Å². The molecule has 3 nitrogen and oxygen atoms in total. The first kappa shape index (κ1) is 10.9. The molecule has 1 N–H and O–H groups in total. The Morgan fingerprint density at radius 1 is 1.77 bits per heavy atom. The predicted octanol–water partition coefficient (Wildman–Crippen LogP) is 0.721. The quantitative estimate of drug-likeness (QED) is 0.735. The van der Waals surface area contributed by atoms with Gasteiger partial charge in [0, 0.05) is 7.05 Å². The van der Waals surface area contributed by atoms with Crippen molar-refractivity contribution in [2.45, 2.75) is 31.1 Å². The molecule has 2 atom stereocenters. The highest BCUT2D eigenvalue weighted by Gasteiger charge is 2.27. The van der Waals surface area contributed by atoms with E-state index in [0.717, 1.165) is 18.6 Å². The van der Waals surface area contributed by atoms with Crippen LogP contribution in [0.3, 0.4) is 0 Å². The van der Waals surface area contributed by atoms with Crippen molar-refractivity contribution in [2.75, 3.05) is 19.4 Å². The van der Waals surface area contributed by atoms with Crippen molar-refractivity contribution in [1.29, 1.82) is 0 Å². The third kappa shape index (κ3) is 2.61. The maximum absolute atomic E-state index is 11.7. The second-order valence-corrected chi connectivity index (χ2v) is 4.79. The topological polar surface area (TPSA) is 40.5 Å². The van der Waals surface area contributed by atoms with Gasteiger partial charge in [0.05, 0.1) is 17.9 Å². The number of thioether (sulfide) groups is 1. The fourth-order valence-corrected chi connectivity index (χ4v) is 2.60.